The van der Waals surface area contributed by atoms with Crippen LogP contribution in [-0.2, 0) is 6.54 Å². The minimum absolute atomic E-state index is 0.00440. The summed E-state index contributed by atoms with van der Waals surface area (Å²) in [5.74, 6) is -3.57. The topological polar surface area (TPSA) is 64.0 Å². The SMILES string of the molecule is O=C(c1cc(Cl)c(O)cc1O)N1CCCC1c1cccc(CN2CC(F)(F)C2)c1. The van der Waals surface area contributed by atoms with Gasteiger partial charge in [-0.3, -0.25) is 9.69 Å². The molecular weight excluding hydrogens is 402 g/mol. The van der Waals surface area contributed by atoms with Crippen LogP contribution in [0.1, 0.15) is 40.4 Å². The fourth-order valence-corrected chi connectivity index (χ4v) is 4.27. The van der Waals surface area contributed by atoms with Crippen molar-refractivity contribution in [1.29, 1.82) is 0 Å². The average Bonchev–Trinajstić information content (AvgIpc) is 3.13. The van der Waals surface area contributed by atoms with Crippen molar-refractivity contribution in [2.24, 2.45) is 0 Å². The van der Waals surface area contributed by atoms with E-state index in [0.717, 1.165) is 30.0 Å². The second kappa shape index (κ2) is 7.46. The van der Waals surface area contributed by atoms with Gasteiger partial charge >= 0.3 is 0 Å². The van der Waals surface area contributed by atoms with Crippen molar-refractivity contribution in [3.05, 3.63) is 58.1 Å². The Hall–Kier alpha value is -2.38. The van der Waals surface area contributed by atoms with Crippen molar-refractivity contribution in [2.45, 2.75) is 31.4 Å². The Kier molecular flexibility index (Phi) is 5.12. The molecule has 2 heterocycles. The molecular formula is C21H21ClF2N2O3. The predicted molar refractivity (Wildman–Crippen MR) is 104 cm³/mol. The number of phenols is 2. The second-order valence-corrected chi connectivity index (χ2v) is 8.13. The lowest BCUT2D eigenvalue weighted by molar-refractivity contribution is -0.133. The Labute approximate surface area is 172 Å². The molecule has 29 heavy (non-hydrogen) atoms. The van der Waals surface area contributed by atoms with Gasteiger partial charge in [0.05, 0.1) is 29.7 Å². The molecule has 0 spiro atoms. The predicted octanol–water partition coefficient (Wildman–Crippen LogP) is 4.18. The summed E-state index contributed by atoms with van der Waals surface area (Å²) >= 11 is 5.91. The largest absolute Gasteiger partial charge is 0.507 e. The molecule has 1 unspecified atom stereocenters. The van der Waals surface area contributed by atoms with Gasteiger partial charge in [-0.1, -0.05) is 35.9 Å². The van der Waals surface area contributed by atoms with Crippen LogP contribution in [0.5, 0.6) is 11.5 Å². The van der Waals surface area contributed by atoms with E-state index in [1.165, 1.54) is 6.07 Å². The number of likely N-dealkylation sites (tertiary alicyclic amines) is 2. The molecule has 2 aliphatic heterocycles. The molecule has 0 aliphatic carbocycles. The molecule has 8 heteroatoms. The zero-order chi connectivity index (χ0) is 20.8. The maximum atomic E-state index is 13.1. The summed E-state index contributed by atoms with van der Waals surface area (Å²) in [6.45, 7) is 0.515. The molecule has 2 aliphatic rings. The van der Waals surface area contributed by atoms with Crippen molar-refractivity contribution < 1.29 is 23.8 Å². The summed E-state index contributed by atoms with van der Waals surface area (Å²) in [4.78, 5) is 16.4. The lowest BCUT2D eigenvalue weighted by Gasteiger charge is -2.38. The fraction of sp³-hybridized carbons (Fsp3) is 0.381. The third-order valence-corrected chi connectivity index (χ3v) is 5.76. The lowest BCUT2D eigenvalue weighted by Crippen LogP contribution is -2.55. The van der Waals surface area contributed by atoms with Gasteiger partial charge in [-0.15, -0.1) is 0 Å². The lowest BCUT2D eigenvalue weighted by atomic mass is 10.00. The van der Waals surface area contributed by atoms with E-state index >= 15 is 0 Å². The number of nitrogens with zero attached hydrogens (tertiary/aromatic N) is 2. The zero-order valence-electron chi connectivity index (χ0n) is 15.6. The Morgan fingerprint density at radius 2 is 1.93 bits per heavy atom. The van der Waals surface area contributed by atoms with E-state index < -0.39 is 5.92 Å². The molecule has 2 saturated heterocycles. The van der Waals surface area contributed by atoms with Gasteiger partial charge < -0.3 is 15.1 Å². The maximum absolute atomic E-state index is 13.1. The summed E-state index contributed by atoms with van der Waals surface area (Å²) in [5.41, 5.74) is 1.90. The number of halogens is 3. The molecule has 154 valence electrons. The molecule has 0 saturated carbocycles. The Morgan fingerprint density at radius 3 is 2.66 bits per heavy atom. The number of carbonyl (C=O) groups excluding carboxylic acids is 1. The van der Waals surface area contributed by atoms with Gasteiger partial charge in [-0.2, -0.15) is 0 Å². The molecule has 2 aromatic carbocycles. The highest BCUT2D eigenvalue weighted by Crippen LogP contribution is 2.37. The average molecular weight is 423 g/mol. The molecule has 4 rings (SSSR count). The summed E-state index contributed by atoms with van der Waals surface area (Å²) in [7, 11) is 0. The van der Waals surface area contributed by atoms with Gasteiger partial charge in [-0.05, 0) is 30.0 Å². The van der Waals surface area contributed by atoms with Crippen LogP contribution in [0.4, 0.5) is 8.78 Å². The summed E-state index contributed by atoms with van der Waals surface area (Å²) in [6.07, 6.45) is 1.58. The molecule has 2 aromatic rings. The standard InChI is InChI=1S/C21H21ClF2N2O3/c22-16-8-15(18(27)9-19(16)28)20(29)26-6-2-5-17(26)14-4-1-3-13(7-14)10-25-11-21(23,24)12-25/h1,3-4,7-9,17,27-28H,2,5-6,10-12H2. The third-order valence-electron chi connectivity index (χ3n) is 5.46. The van der Waals surface area contributed by atoms with Crippen LogP contribution in [0.3, 0.4) is 0 Å². The van der Waals surface area contributed by atoms with E-state index in [2.05, 4.69) is 0 Å². The second-order valence-electron chi connectivity index (χ2n) is 7.72. The highest BCUT2D eigenvalue weighted by atomic mass is 35.5. The number of rotatable bonds is 4. The molecule has 5 nitrogen and oxygen atoms in total. The number of benzene rings is 2. The Morgan fingerprint density at radius 1 is 1.17 bits per heavy atom. The minimum Gasteiger partial charge on any atom is -0.507 e. The number of hydrogen-bond donors (Lipinski definition) is 2. The first-order chi connectivity index (χ1) is 13.7. The van der Waals surface area contributed by atoms with Crippen molar-refractivity contribution in [3.8, 4) is 11.5 Å². The van der Waals surface area contributed by atoms with E-state index in [1.807, 2.05) is 24.3 Å². The first kappa shape index (κ1) is 19.9. The van der Waals surface area contributed by atoms with E-state index in [4.69, 9.17) is 11.6 Å². The Bertz CT molecular complexity index is 946. The van der Waals surface area contributed by atoms with Gasteiger partial charge in [0.2, 0.25) is 0 Å². The fourth-order valence-electron chi connectivity index (χ4n) is 4.11. The number of carbonyl (C=O) groups is 1. The monoisotopic (exact) mass is 422 g/mol. The van der Waals surface area contributed by atoms with Crippen molar-refractivity contribution in [1.82, 2.24) is 9.80 Å². The molecule has 2 fully saturated rings. The maximum Gasteiger partial charge on any atom is 0.272 e. The van der Waals surface area contributed by atoms with Gasteiger partial charge in [0, 0.05) is 19.2 Å². The van der Waals surface area contributed by atoms with E-state index in [0.29, 0.717) is 13.1 Å². The van der Waals surface area contributed by atoms with Gasteiger partial charge in [0.1, 0.15) is 11.5 Å². The molecule has 2 N–H and O–H groups in total. The first-order valence-corrected chi connectivity index (χ1v) is 9.83. The molecule has 1 atom stereocenters. The van der Waals surface area contributed by atoms with Gasteiger partial charge in [0.25, 0.3) is 11.8 Å². The normalized spacial score (nSPS) is 21.2. The number of amides is 1. The van der Waals surface area contributed by atoms with Crippen LogP contribution in [0.2, 0.25) is 5.02 Å². The molecule has 0 radical (unpaired) electrons. The quantitative estimate of drug-likeness (QED) is 0.775. The van der Waals surface area contributed by atoms with Crippen LogP contribution in [0.15, 0.2) is 36.4 Å². The van der Waals surface area contributed by atoms with Gasteiger partial charge in [0.15, 0.2) is 0 Å². The first-order valence-electron chi connectivity index (χ1n) is 9.45. The van der Waals surface area contributed by atoms with Crippen LogP contribution in [-0.4, -0.2) is 51.5 Å². The van der Waals surface area contributed by atoms with E-state index in [1.54, 1.807) is 9.80 Å². The smallest absolute Gasteiger partial charge is 0.272 e. The number of alkyl halides is 2. The minimum atomic E-state index is -2.60. The highest BCUT2D eigenvalue weighted by molar-refractivity contribution is 6.32. The molecule has 0 aromatic heterocycles. The van der Waals surface area contributed by atoms with E-state index in [-0.39, 0.29) is 47.1 Å². The van der Waals surface area contributed by atoms with Crippen molar-refractivity contribution in [3.63, 3.8) is 0 Å². The molecule has 1 amide bonds. The van der Waals surface area contributed by atoms with Crippen molar-refractivity contribution in [2.75, 3.05) is 19.6 Å². The molecule has 0 bridgehead atoms. The number of aromatic hydroxyl groups is 2. The summed E-state index contributed by atoms with van der Waals surface area (Å²) in [5, 5.41) is 19.7. The van der Waals surface area contributed by atoms with Gasteiger partial charge in [-0.25, -0.2) is 8.78 Å². The Balaban J connectivity index is 1.53. The zero-order valence-corrected chi connectivity index (χ0v) is 16.4. The van der Waals surface area contributed by atoms with Crippen molar-refractivity contribution >= 4 is 17.5 Å². The summed E-state index contributed by atoms with van der Waals surface area (Å²) in [6, 6.07) is 9.80. The van der Waals surface area contributed by atoms with Crippen LogP contribution >= 0.6 is 11.6 Å². The van der Waals surface area contributed by atoms with E-state index in [9.17, 15) is 23.8 Å². The number of phenolic OH excluding ortho intramolecular Hbond substituents is 2. The summed E-state index contributed by atoms with van der Waals surface area (Å²) < 4.78 is 26.1. The number of hydrogen-bond acceptors (Lipinski definition) is 4. The highest BCUT2D eigenvalue weighted by Gasteiger charge is 2.43. The van der Waals surface area contributed by atoms with Crippen LogP contribution in [0, 0.1) is 0 Å². The third kappa shape index (κ3) is 4.02. The van der Waals surface area contributed by atoms with Crippen LogP contribution < -0.4 is 0 Å². The van der Waals surface area contributed by atoms with Crippen LogP contribution in [0.25, 0.3) is 0 Å².